The van der Waals surface area contributed by atoms with Gasteiger partial charge in [0.15, 0.2) is 0 Å². The molecule has 1 aliphatic heterocycles. The van der Waals surface area contributed by atoms with Gasteiger partial charge in [0, 0.05) is 32.3 Å². The first kappa shape index (κ1) is 19.0. The van der Waals surface area contributed by atoms with Crippen LogP contribution in [0, 0.1) is 11.3 Å². The summed E-state index contributed by atoms with van der Waals surface area (Å²) in [4.78, 5) is 33.7. The molecule has 0 aliphatic carbocycles. The molecule has 0 saturated carbocycles. The molecule has 9 heteroatoms. The minimum Gasteiger partial charge on any atom is -0.470 e. The fourth-order valence-corrected chi connectivity index (χ4v) is 3.10. The molecular formula is C16H21N5O3S. The highest BCUT2D eigenvalue weighted by molar-refractivity contribution is 7.98. The maximum Gasteiger partial charge on any atom is 0.251 e. The lowest BCUT2D eigenvalue weighted by Gasteiger charge is -2.24. The Labute approximate surface area is 151 Å². The normalized spacial score (nSPS) is 17.6. The zero-order chi connectivity index (χ0) is 18.2. The van der Waals surface area contributed by atoms with Crippen LogP contribution in [0.1, 0.15) is 25.5 Å². The number of nitrogens with one attached hydrogen (secondary N) is 1. The number of amides is 2. The number of carbonyl (C=O) groups excluding carboxylic acids is 2. The lowest BCUT2D eigenvalue weighted by molar-refractivity contribution is -0.135. The minimum atomic E-state index is -0.519. The van der Waals surface area contributed by atoms with Gasteiger partial charge in [-0.2, -0.15) is 17.0 Å². The topological polar surface area (TPSA) is 108 Å². The van der Waals surface area contributed by atoms with Crippen molar-refractivity contribution < 1.29 is 14.3 Å². The fraction of sp³-hybridized carbons (Fsp3) is 0.562. The van der Waals surface area contributed by atoms with Crippen LogP contribution in [0.4, 0.5) is 0 Å². The van der Waals surface area contributed by atoms with E-state index in [-0.39, 0.29) is 29.5 Å². The molecule has 1 aromatic heterocycles. The van der Waals surface area contributed by atoms with Crippen LogP contribution in [0.15, 0.2) is 12.4 Å². The molecule has 0 bridgehead atoms. The lowest BCUT2D eigenvalue weighted by atomic mass is 10.2. The van der Waals surface area contributed by atoms with Gasteiger partial charge in [0.05, 0.1) is 6.54 Å². The number of rotatable bonds is 7. The molecule has 1 saturated heterocycles. The second kappa shape index (κ2) is 9.22. The third-order valence-electron chi connectivity index (χ3n) is 3.79. The van der Waals surface area contributed by atoms with Gasteiger partial charge in [-0.3, -0.25) is 9.59 Å². The van der Waals surface area contributed by atoms with Crippen LogP contribution in [0.2, 0.25) is 0 Å². The van der Waals surface area contributed by atoms with Crippen LogP contribution < -0.4 is 10.1 Å². The quantitative estimate of drug-likeness (QED) is 0.755. The predicted molar refractivity (Wildman–Crippen MR) is 93.0 cm³/mol. The standard InChI is InChI=1S/C16H21N5O3S/c1-11(22)20-13(4-8-25-2)16(23)21-7-3-12(10-21)24-15-14(9-17)18-5-6-19-15/h5-6,12-13H,3-4,7-8,10H2,1-2H3,(H,20,22). The molecule has 1 aliphatic rings. The smallest absolute Gasteiger partial charge is 0.251 e. The molecule has 2 heterocycles. The van der Waals surface area contributed by atoms with Gasteiger partial charge in [-0.15, -0.1) is 0 Å². The predicted octanol–water partition coefficient (Wildman–Crippen LogP) is 0.586. The first-order valence-corrected chi connectivity index (χ1v) is 9.37. The zero-order valence-corrected chi connectivity index (χ0v) is 15.1. The van der Waals surface area contributed by atoms with Crippen LogP contribution in [-0.2, 0) is 9.59 Å². The SMILES string of the molecule is CSCCC(NC(C)=O)C(=O)N1CCC(Oc2nccnc2C#N)C1. The second-order valence-electron chi connectivity index (χ2n) is 5.67. The summed E-state index contributed by atoms with van der Waals surface area (Å²) in [6, 6.07) is 1.42. The molecule has 134 valence electrons. The Hall–Kier alpha value is -2.34. The number of ether oxygens (including phenoxy) is 1. The fourth-order valence-electron chi connectivity index (χ4n) is 2.63. The van der Waals surface area contributed by atoms with E-state index in [0.29, 0.717) is 25.9 Å². The second-order valence-corrected chi connectivity index (χ2v) is 6.65. The van der Waals surface area contributed by atoms with Crippen molar-refractivity contribution in [3.8, 4) is 11.9 Å². The molecule has 1 aromatic rings. The number of nitriles is 1. The summed E-state index contributed by atoms with van der Waals surface area (Å²) in [5, 5.41) is 11.8. The van der Waals surface area contributed by atoms with Crippen LogP contribution in [0.25, 0.3) is 0 Å². The summed E-state index contributed by atoms with van der Waals surface area (Å²) in [5.41, 5.74) is 0.128. The van der Waals surface area contributed by atoms with Crippen LogP contribution in [0.3, 0.4) is 0 Å². The van der Waals surface area contributed by atoms with Gasteiger partial charge in [0.1, 0.15) is 18.2 Å². The number of aromatic nitrogens is 2. The van der Waals surface area contributed by atoms with Crippen LogP contribution >= 0.6 is 11.8 Å². The van der Waals surface area contributed by atoms with Gasteiger partial charge in [0.25, 0.3) is 5.88 Å². The highest BCUT2D eigenvalue weighted by atomic mass is 32.2. The largest absolute Gasteiger partial charge is 0.470 e. The summed E-state index contributed by atoms with van der Waals surface area (Å²) in [6.07, 6.45) is 5.84. The van der Waals surface area contributed by atoms with Crippen molar-refractivity contribution >= 4 is 23.6 Å². The van der Waals surface area contributed by atoms with E-state index >= 15 is 0 Å². The third kappa shape index (κ3) is 5.32. The van der Waals surface area contributed by atoms with Crippen LogP contribution in [-0.4, -0.2) is 63.9 Å². The van der Waals surface area contributed by atoms with E-state index in [2.05, 4.69) is 15.3 Å². The van der Waals surface area contributed by atoms with E-state index in [1.54, 1.807) is 16.7 Å². The van der Waals surface area contributed by atoms with Gasteiger partial charge in [0.2, 0.25) is 17.5 Å². The van der Waals surface area contributed by atoms with Crippen molar-refractivity contribution in [3.05, 3.63) is 18.1 Å². The van der Waals surface area contributed by atoms with Crippen molar-refractivity contribution in [3.63, 3.8) is 0 Å². The Bertz CT molecular complexity index is 663. The van der Waals surface area contributed by atoms with Crippen LogP contribution in [0.5, 0.6) is 5.88 Å². The first-order chi connectivity index (χ1) is 12.0. The van der Waals surface area contributed by atoms with Crippen molar-refractivity contribution in [2.75, 3.05) is 25.1 Å². The summed E-state index contributed by atoms with van der Waals surface area (Å²) >= 11 is 1.63. The monoisotopic (exact) mass is 363 g/mol. The number of thioether (sulfide) groups is 1. The molecule has 0 radical (unpaired) electrons. The summed E-state index contributed by atoms with van der Waals surface area (Å²) in [5.74, 6) is 0.653. The average molecular weight is 363 g/mol. The minimum absolute atomic E-state index is 0.102. The highest BCUT2D eigenvalue weighted by Gasteiger charge is 2.32. The lowest BCUT2D eigenvalue weighted by Crippen LogP contribution is -2.48. The maximum atomic E-state index is 12.7. The Morgan fingerprint density at radius 3 is 2.96 bits per heavy atom. The molecule has 1 fully saturated rings. The molecule has 2 amide bonds. The van der Waals surface area contributed by atoms with E-state index in [0.717, 1.165) is 5.75 Å². The number of hydrogen-bond donors (Lipinski definition) is 1. The van der Waals surface area contributed by atoms with Crippen molar-refractivity contribution in [1.82, 2.24) is 20.2 Å². The third-order valence-corrected chi connectivity index (χ3v) is 4.44. The van der Waals surface area contributed by atoms with E-state index < -0.39 is 6.04 Å². The van der Waals surface area contributed by atoms with Crippen molar-refractivity contribution in [1.29, 1.82) is 5.26 Å². The van der Waals surface area contributed by atoms with Gasteiger partial charge in [-0.25, -0.2) is 9.97 Å². The number of hydrogen-bond acceptors (Lipinski definition) is 7. The van der Waals surface area contributed by atoms with E-state index in [1.165, 1.54) is 19.3 Å². The molecule has 0 aromatic carbocycles. The molecule has 2 rings (SSSR count). The van der Waals surface area contributed by atoms with Crippen molar-refractivity contribution in [2.45, 2.75) is 31.9 Å². The van der Waals surface area contributed by atoms with E-state index in [1.807, 2.05) is 12.3 Å². The molecule has 8 nitrogen and oxygen atoms in total. The number of carbonyl (C=O) groups is 2. The van der Waals surface area contributed by atoms with Gasteiger partial charge < -0.3 is 15.0 Å². The number of nitrogens with zero attached hydrogens (tertiary/aromatic N) is 4. The molecule has 1 N–H and O–H groups in total. The van der Waals surface area contributed by atoms with E-state index in [4.69, 9.17) is 10.00 Å². The van der Waals surface area contributed by atoms with Crippen molar-refractivity contribution in [2.24, 2.45) is 0 Å². The Morgan fingerprint density at radius 2 is 2.28 bits per heavy atom. The number of likely N-dealkylation sites (tertiary alicyclic amines) is 1. The maximum absolute atomic E-state index is 12.7. The molecule has 2 atom stereocenters. The van der Waals surface area contributed by atoms with E-state index in [9.17, 15) is 9.59 Å². The van der Waals surface area contributed by atoms with Gasteiger partial charge in [-0.1, -0.05) is 0 Å². The molecule has 0 spiro atoms. The summed E-state index contributed by atoms with van der Waals surface area (Å²) < 4.78 is 5.74. The molecule has 25 heavy (non-hydrogen) atoms. The average Bonchev–Trinajstić information content (AvgIpc) is 3.06. The zero-order valence-electron chi connectivity index (χ0n) is 14.3. The Morgan fingerprint density at radius 1 is 1.52 bits per heavy atom. The molecular weight excluding hydrogens is 342 g/mol. The van der Waals surface area contributed by atoms with Gasteiger partial charge in [-0.05, 0) is 18.4 Å². The summed E-state index contributed by atoms with van der Waals surface area (Å²) in [7, 11) is 0. The molecule has 2 unspecified atom stereocenters. The summed E-state index contributed by atoms with van der Waals surface area (Å²) in [6.45, 7) is 2.35. The van der Waals surface area contributed by atoms with Gasteiger partial charge >= 0.3 is 0 Å². The highest BCUT2D eigenvalue weighted by Crippen LogP contribution is 2.19. The Kier molecular flexibility index (Phi) is 7.01. The Balaban J connectivity index is 1.97. The first-order valence-electron chi connectivity index (χ1n) is 7.97.